The minimum Gasteiger partial charge on any atom is -0.258 e. The molecule has 0 aliphatic carbocycles. The number of nitrogens with zero attached hydrogens (tertiary/aromatic N) is 1. The molecule has 0 atom stereocenters. The Kier molecular flexibility index (Phi) is 2.17. The molecule has 60 valence electrons. The van der Waals surface area contributed by atoms with E-state index in [4.69, 9.17) is 7.85 Å². The SMILES string of the molecule is [B]c1ccc(C)c([N+](=O)[O-])c1C. The van der Waals surface area contributed by atoms with Gasteiger partial charge in [0.05, 0.1) is 4.92 Å². The van der Waals surface area contributed by atoms with E-state index in [2.05, 4.69) is 0 Å². The molecule has 4 heteroatoms. The molecule has 0 unspecified atom stereocenters. The molecule has 1 aromatic rings. The summed E-state index contributed by atoms with van der Waals surface area (Å²) < 4.78 is 0. The Morgan fingerprint density at radius 2 is 2.00 bits per heavy atom. The Hall–Kier alpha value is -1.32. The zero-order chi connectivity index (χ0) is 9.30. The van der Waals surface area contributed by atoms with Gasteiger partial charge in [-0.25, -0.2) is 0 Å². The molecule has 12 heavy (non-hydrogen) atoms. The zero-order valence-corrected chi connectivity index (χ0v) is 7.00. The van der Waals surface area contributed by atoms with E-state index in [9.17, 15) is 10.1 Å². The smallest absolute Gasteiger partial charge is 0.258 e. The van der Waals surface area contributed by atoms with Crippen molar-refractivity contribution in [2.24, 2.45) is 0 Å². The van der Waals surface area contributed by atoms with E-state index in [0.717, 1.165) is 0 Å². The average Bonchev–Trinajstić information content (AvgIpc) is 1.97. The molecule has 0 saturated carbocycles. The number of hydrogen-bond acceptors (Lipinski definition) is 2. The van der Waals surface area contributed by atoms with Gasteiger partial charge >= 0.3 is 0 Å². The van der Waals surface area contributed by atoms with Gasteiger partial charge in [0.15, 0.2) is 0 Å². The van der Waals surface area contributed by atoms with Crippen molar-refractivity contribution >= 4 is 19.0 Å². The number of benzene rings is 1. The maximum Gasteiger partial charge on any atom is 0.274 e. The summed E-state index contributed by atoms with van der Waals surface area (Å²) in [7, 11) is 5.52. The quantitative estimate of drug-likeness (QED) is 0.350. The Bertz CT molecular complexity index is 336. The fourth-order valence-electron chi connectivity index (χ4n) is 1.13. The molecular formula is C8H8BNO2. The van der Waals surface area contributed by atoms with Crippen LogP contribution in [0.2, 0.25) is 0 Å². The first kappa shape index (κ1) is 8.78. The molecular weight excluding hydrogens is 153 g/mol. The van der Waals surface area contributed by atoms with Crippen LogP contribution in [0.5, 0.6) is 0 Å². The summed E-state index contributed by atoms with van der Waals surface area (Å²) in [6.45, 7) is 3.35. The number of nitro benzene ring substituents is 1. The van der Waals surface area contributed by atoms with Gasteiger partial charge in [-0.05, 0) is 13.8 Å². The lowest BCUT2D eigenvalue weighted by molar-refractivity contribution is -0.385. The first-order valence-corrected chi connectivity index (χ1v) is 3.54. The minimum absolute atomic E-state index is 0.120. The second kappa shape index (κ2) is 2.97. The highest BCUT2D eigenvalue weighted by atomic mass is 16.6. The molecule has 0 N–H and O–H groups in total. The highest BCUT2D eigenvalue weighted by Gasteiger charge is 2.14. The Balaban J connectivity index is 3.43. The lowest BCUT2D eigenvalue weighted by Gasteiger charge is -2.03. The molecule has 0 fully saturated rings. The molecule has 0 saturated heterocycles. The van der Waals surface area contributed by atoms with Crippen molar-refractivity contribution < 1.29 is 4.92 Å². The van der Waals surface area contributed by atoms with Gasteiger partial charge in [-0.1, -0.05) is 17.6 Å². The Labute approximate surface area is 72.0 Å². The molecule has 0 heterocycles. The third-order valence-electron chi connectivity index (χ3n) is 1.86. The lowest BCUT2D eigenvalue weighted by Crippen LogP contribution is -2.10. The Morgan fingerprint density at radius 3 is 2.42 bits per heavy atom. The number of rotatable bonds is 1. The van der Waals surface area contributed by atoms with E-state index < -0.39 is 4.92 Å². The van der Waals surface area contributed by atoms with Gasteiger partial charge in [0.1, 0.15) is 7.85 Å². The third kappa shape index (κ3) is 1.32. The van der Waals surface area contributed by atoms with Crippen LogP contribution in [0.4, 0.5) is 5.69 Å². The van der Waals surface area contributed by atoms with E-state index in [1.165, 1.54) is 0 Å². The Morgan fingerprint density at radius 1 is 1.42 bits per heavy atom. The third-order valence-corrected chi connectivity index (χ3v) is 1.86. The molecule has 0 bridgehead atoms. The zero-order valence-electron chi connectivity index (χ0n) is 7.00. The second-order valence-corrected chi connectivity index (χ2v) is 2.70. The van der Waals surface area contributed by atoms with E-state index in [0.29, 0.717) is 16.6 Å². The van der Waals surface area contributed by atoms with Crippen LogP contribution in [0, 0.1) is 24.0 Å². The second-order valence-electron chi connectivity index (χ2n) is 2.70. The van der Waals surface area contributed by atoms with Crippen LogP contribution >= 0.6 is 0 Å². The number of hydrogen-bond donors (Lipinski definition) is 0. The summed E-state index contributed by atoms with van der Waals surface area (Å²) in [5, 5.41) is 10.5. The van der Waals surface area contributed by atoms with Crippen molar-refractivity contribution in [2.45, 2.75) is 13.8 Å². The summed E-state index contributed by atoms with van der Waals surface area (Å²) >= 11 is 0. The number of aryl methyl sites for hydroxylation is 1. The molecule has 0 spiro atoms. The van der Waals surface area contributed by atoms with Gasteiger partial charge in [0.25, 0.3) is 5.69 Å². The lowest BCUT2D eigenvalue weighted by atomic mass is 9.89. The summed E-state index contributed by atoms with van der Waals surface area (Å²) in [5.41, 5.74) is 1.77. The van der Waals surface area contributed by atoms with Crippen LogP contribution < -0.4 is 5.46 Å². The fourth-order valence-corrected chi connectivity index (χ4v) is 1.13. The van der Waals surface area contributed by atoms with Gasteiger partial charge < -0.3 is 0 Å². The maximum absolute atomic E-state index is 10.5. The highest BCUT2D eigenvalue weighted by molar-refractivity contribution is 6.33. The van der Waals surface area contributed by atoms with Crippen LogP contribution in [0.25, 0.3) is 0 Å². The molecule has 1 rings (SSSR count). The van der Waals surface area contributed by atoms with Crippen molar-refractivity contribution in [2.75, 3.05) is 0 Å². The molecule has 0 aliphatic rings. The molecule has 0 aliphatic heterocycles. The first-order chi connectivity index (χ1) is 5.54. The van der Waals surface area contributed by atoms with Crippen molar-refractivity contribution in [1.82, 2.24) is 0 Å². The molecule has 2 radical (unpaired) electrons. The van der Waals surface area contributed by atoms with Crippen molar-refractivity contribution in [3.05, 3.63) is 33.4 Å². The van der Waals surface area contributed by atoms with Crippen LogP contribution in [0.3, 0.4) is 0 Å². The largest absolute Gasteiger partial charge is 0.274 e. The fraction of sp³-hybridized carbons (Fsp3) is 0.250. The maximum atomic E-state index is 10.5. The van der Waals surface area contributed by atoms with Gasteiger partial charge in [-0.15, -0.1) is 0 Å². The predicted molar refractivity (Wildman–Crippen MR) is 48.0 cm³/mol. The van der Waals surface area contributed by atoms with Crippen LogP contribution in [0.1, 0.15) is 11.1 Å². The molecule has 1 aromatic carbocycles. The summed E-state index contributed by atoms with van der Waals surface area (Å²) in [6.07, 6.45) is 0. The topological polar surface area (TPSA) is 43.1 Å². The summed E-state index contributed by atoms with van der Waals surface area (Å²) in [4.78, 5) is 10.1. The van der Waals surface area contributed by atoms with Gasteiger partial charge in [-0.2, -0.15) is 0 Å². The molecule has 0 amide bonds. The number of nitro groups is 1. The minimum atomic E-state index is -0.402. The first-order valence-electron chi connectivity index (χ1n) is 3.54. The van der Waals surface area contributed by atoms with Crippen LogP contribution in [-0.2, 0) is 0 Å². The predicted octanol–water partition coefficient (Wildman–Crippen LogP) is 1.01. The van der Waals surface area contributed by atoms with Gasteiger partial charge in [-0.3, -0.25) is 10.1 Å². The van der Waals surface area contributed by atoms with E-state index in [1.807, 2.05) is 0 Å². The monoisotopic (exact) mass is 161 g/mol. The van der Waals surface area contributed by atoms with Gasteiger partial charge in [0.2, 0.25) is 0 Å². The van der Waals surface area contributed by atoms with Crippen LogP contribution in [-0.4, -0.2) is 12.8 Å². The van der Waals surface area contributed by atoms with Crippen LogP contribution in [0.15, 0.2) is 12.1 Å². The summed E-state index contributed by atoms with van der Waals surface area (Å²) in [5.74, 6) is 0. The van der Waals surface area contributed by atoms with Crippen molar-refractivity contribution in [3.63, 3.8) is 0 Å². The molecule has 0 aromatic heterocycles. The van der Waals surface area contributed by atoms with E-state index >= 15 is 0 Å². The van der Waals surface area contributed by atoms with E-state index in [-0.39, 0.29) is 5.69 Å². The standard InChI is InChI=1S/C8H8BNO2/c1-5-3-4-7(9)6(2)8(5)10(11)12/h3-4H,1-2H3. The van der Waals surface area contributed by atoms with Crippen molar-refractivity contribution in [3.8, 4) is 0 Å². The highest BCUT2D eigenvalue weighted by Crippen LogP contribution is 2.19. The van der Waals surface area contributed by atoms with Crippen molar-refractivity contribution in [1.29, 1.82) is 0 Å². The summed E-state index contributed by atoms with van der Waals surface area (Å²) in [6, 6.07) is 3.33. The molecule has 3 nitrogen and oxygen atoms in total. The van der Waals surface area contributed by atoms with E-state index in [1.54, 1.807) is 26.0 Å². The normalized spacial score (nSPS) is 9.83. The average molecular weight is 161 g/mol. The van der Waals surface area contributed by atoms with Gasteiger partial charge in [0, 0.05) is 11.1 Å².